The summed E-state index contributed by atoms with van der Waals surface area (Å²) in [5.41, 5.74) is -1.12. The lowest BCUT2D eigenvalue weighted by atomic mass is 10.1. The molecule has 1 aromatic rings. The number of nitro groups is 1. The van der Waals surface area contributed by atoms with Crippen molar-refractivity contribution < 1.29 is 19.2 Å². The molecule has 1 aliphatic rings. The van der Waals surface area contributed by atoms with Gasteiger partial charge in [0.1, 0.15) is 11.8 Å². The van der Waals surface area contributed by atoms with E-state index in [2.05, 4.69) is 5.10 Å². The zero-order chi connectivity index (χ0) is 15.8. The van der Waals surface area contributed by atoms with Gasteiger partial charge in [0.25, 0.3) is 0 Å². The van der Waals surface area contributed by atoms with Gasteiger partial charge in [-0.15, -0.1) is 0 Å². The third-order valence-corrected chi connectivity index (χ3v) is 2.94. The third-order valence-electron chi connectivity index (χ3n) is 2.94. The minimum atomic E-state index is -0.655. The molecule has 0 spiro atoms. The number of aldehydes is 1. The van der Waals surface area contributed by atoms with Gasteiger partial charge in [0, 0.05) is 13.1 Å². The molecule has 0 aromatic carbocycles. The molecule has 1 saturated heterocycles. The molecule has 0 saturated carbocycles. The molecule has 0 atom stereocenters. The Morgan fingerprint density at radius 1 is 1.52 bits per heavy atom. The summed E-state index contributed by atoms with van der Waals surface area (Å²) in [5, 5.41) is 14.6. The van der Waals surface area contributed by atoms with E-state index in [9.17, 15) is 19.7 Å². The third kappa shape index (κ3) is 3.18. The fourth-order valence-electron chi connectivity index (χ4n) is 1.91. The van der Waals surface area contributed by atoms with Gasteiger partial charge in [-0.05, 0) is 20.8 Å². The average molecular weight is 296 g/mol. The van der Waals surface area contributed by atoms with Gasteiger partial charge in [-0.3, -0.25) is 19.6 Å². The van der Waals surface area contributed by atoms with Crippen LogP contribution >= 0.6 is 0 Å². The van der Waals surface area contributed by atoms with Crippen LogP contribution in [0.1, 0.15) is 37.3 Å². The Bertz CT molecular complexity index is 583. The number of hydrogen-bond acceptors (Lipinski definition) is 6. The lowest BCUT2D eigenvalue weighted by Gasteiger charge is -2.39. The van der Waals surface area contributed by atoms with E-state index in [1.54, 1.807) is 20.8 Å². The lowest BCUT2D eigenvalue weighted by molar-refractivity contribution is -0.385. The molecule has 2 heterocycles. The van der Waals surface area contributed by atoms with Gasteiger partial charge in [-0.25, -0.2) is 4.79 Å². The molecular formula is C12H16N4O5. The molecule has 0 bridgehead atoms. The number of nitrogens with zero attached hydrogens (tertiary/aromatic N) is 4. The van der Waals surface area contributed by atoms with Crippen LogP contribution in [-0.4, -0.2) is 50.7 Å². The number of hydrogen-bond donors (Lipinski definition) is 0. The second-order valence-electron chi connectivity index (χ2n) is 5.79. The Morgan fingerprint density at radius 2 is 2.14 bits per heavy atom. The first-order chi connectivity index (χ1) is 9.71. The van der Waals surface area contributed by atoms with Crippen LogP contribution in [0.15, 0.2) is 6.20 Å². The van der Waals surface area contributed by atoms with Crippen molar-refractivity contribution in [3.8, 4) is 0 Å². The summed E-state index contributed by atoms with van der Waals surface area (Å²) in [4.78, 5) is 34.1. The van der Waals surface area contributed by atoms with Crippen LogP contribution in [0.5, 0.6) is 0 Å². The van der Waals surface area contributed by atoms with Crippen molar-refractivity contribution in [1.82, 2.24) is 14.7 Å². The molecule has 9 nitrogen and oxygen atoms in total. The van der Waals surface area contributed by atoms with E-state index in [-0.39, 0.29) is 17.4 Å². The number of ether oxygens (including phenoxy) is 1. The van der Waals surface area contributed by atoms with Crippen LogP contribution in [0.25, 0.3) is 0 Å². The SMILES string of the molecule is CC(C)(C)OC(=O)N1CC(n2cc([N+](=O)[O-])c(C=O)n2)C1. The van der Waals surface area contributed by atoms with E-state index in [0.29, 0.717) is 19.4 Å². The quantitative estimate of drug-likeness (QED) is 0.474. The highest BCUT2D eigenvalue weighted by Gasteiger charge is 2.36. The second kappa shape index (κ2) is 5.15. The summed E-state index contributed by atoms with van der Waals surface area (Å²) in [7, 11) is 0. The summed E-state index contributed by atoms with van der Waals surface area (Å²) in [6.07, 6.45) is 1.12. The first kappa shape index (κ1) is 14.9. The number of likely N-dealkylation sites (tertiary alicyclic amines) is 1. The summed E-state index contributed by atoms with van der Waals surface area (Å²) in [5.74, 6) is 0. The highest BCUT2D eigenvalue weighted by Crippen LogP contribution is 2.26. The Labute approximate surface area is 120 Å². The Kier molecular flexibility index (Phi) is 3.67. The Balaban J connectivity index is 2.00. The molecule has 114 valence electrons. The minimum Gasteiger partial charge on any atom is -0.444 e. The smallest absolute Gasteiger partial charge is 0.410 e. The molecular weight excluding hydrogens is 280 g/mol. The zero-order valence-electron chi connectivity index (χ0n) is 12.0. The number of carbonyl (C=O) groups is 2. The Hall–Kier alpha value is -2.45. The highest BCUT2D eigenvalue weighted by atomic mass is 16.6. The molecule has 1 amide bonds. The zero-order valence-corrected chi connectivity index (χ0v) is 12.0. The molecule has 1 aliphatic heterocycles. The molecule has 21 heavy (non-hydrogen) atoms. The molecule has 0 N–H and O–H groups in total. The summed E-state index contributed by atoms with van der Waals surface area (Å²) >= 11 is 0. The van der Waals surface area contributed by atoms with E-state index in [4.69, 9.17) is 4.74 Å². The number of carbonyl (C=O) groups excluding carboxylic acids is 2. The maximum Gasteiger partial charge on any atom is 0.410 e. The number of rotatable bonds is 3. The highest BCUT2D eigenvalue weighted by molar-refractivity contribution is 5.78. The van der Waals surface area contributed by atoms with E-state index in [0.717, 1.165) is 0 Å². The van der Waals surface area contributed by atoms with Crippen LogP contribution in [0.4, 0.5) is 10.5 Å². The van der Waals surface area contributed by atoms with Gasteiger partial charge >= 0.3 is 11.8 Å². The first-order valence-corrected chi connectivity index (χ1v) is 6.38. The normalized spacial score (nSPS) is 15.5. The molecule has 0 aliphatic carbocycles. The predicted octanol–water partition coefficient (Wildman–Crippen LogP) is 1.40. The van der Waals surface area contributed by atoms with Crippen molar-refractivity contribution in [2.45, 2.75) is 32.4 Å². The fraction of sp³-hybridized carbons (Fsp3) is 0.583. The van der Waals surface area contributed by atoms with Gasteiger partial charge < -0.3 is 9.64 Å². The van der Waals surface area contributed by atoms with Gasteiger partial charge in [-0.1, -0.05) is 0 Å². The lowest BCUT2D eigenvalue weighted by Crippen LogP contribution is -2.52. The average Bonchev–Trinajstić information content (AvgIpc) is 2.68. The summed E-state index contributed by atoms with van der Waals surface area (Å²) in [6, 6.07) is -0.190. The van der Waals surface area contributed by atoms with E-state index in [1.807, 2.05) is 0 Å². The minimum absolute atomic E-state index is 0.190. The predicted molar refractivity (Wildman–Crippen MR) is 71.1 cm³/mol. The first-order valence-electron chi connectivity index (χ1n) is 6.38. The molecule has 1 aromatic heterocycles. The van der Waals surface area contributed by atoms with E-state index >= 15 is 0 Å². The largest absolute Gasteiger partial charge is 0.444 e. The molecule has 0 unspecified atom stereocenters. The van der Waals surface area contributed by atoms with Crippen molar-refractivity contribution in [3.05, 3.63) is 22.0 Å². The van der Waals surface area contributed by atoms with Crippen LogP contribution in [0.2, 0.25) is 0 Å². The van der Waals surface area contributed by atoms with E-state index in [1.165, 1.54) is 15.8 Å². The van der Waals surface area contributed by atoms with Crippen molar-refractivity contribution >= 4 is 18.1 Å². The van der Waals surface area contributed by atoms with Gasteiger partial charge in [-0.2, -0.15) is 5.10 Å². The molecule has 1 fully saturated rings. The van der Waals surface area contributed by atoms with Crippen LogP contribution in [0, 0.1) is 10.1 Å². The van der Waals surface area contributed by atoms with Crippen LogP contribution in [-0.2, 0) is 4.74 Å². The van der Waals surface area contributed by atoms with E-state index < -0.39 is 16.6 Å². The van der Waals surface area contributed by atoms with Gasteiger partial charge in [0.15, 0.2) is 6.29 Å². The summed E-state index contributed by atoms with van der Waals surface area (Å²) in [6.45, 7) is 6.00. The van der Waals surface area contributed by atoms with Gasteiger partial charge in [0.05, 0.1) is 11.0 Å². The molecule has 2 rings (SSSR count). The Morgan fingerprint density at radius 3 is 2.57 bits per heavy atom. The maximum absolute atomic E-state index is 11.8. The maximum atomic E-state index is 11.8. The van der Waals surface area contributed by atoms with Crippen molar-refractivity contribution in [2.75, 3.05) is 13.1 Å². The van der Waals surface area contributed by atoms with Crippen molar-refractivity contribution in [3.63, 3.8) is 0 Å². The van der Waals surface area contributed by atoms with Gasteiger partial charge in [0.2, 0.25) is 5.69 Å². The van der Waals surface area contributed by atoms with Crippen molar-refractivity contribution in [2.24, 2.45) is 0 Å². The van der Waals surface area contributed by atoms with Crippen molar-refractivity contribution in [1.29, 1.82) is 0 Å². The van der Waals surface area contributed by atoms with Crippen LogP contribution in [0.3, 0.4) is 0 Å². The topological polar surface area (TPSA) is 108 Å². The molecule has 9 heteroatoms. The standard InChI is InChI=1S/C12H16N4O5/c1-12(2,3)21-11(18)14-4-8(5-14)15-6-10(16(19)20)9(7-17)13-15/h6-8H,4-5H2,1-3H3. The summed E-state index contributed by atoms with van der Waals surface area (Å²) < 4.78 is 6.56. The second-order valence-corrected chi connectivity index (χ2v) is 5.79. The number of aromatic nitrogens is 2. The fourth-order valence-corrected chi connectivity index (χ4v) is 1.91. The molecule has 0 radical (unpaired) electrons. The van der Waals surface area contributed by atoms with Crippen LogP contribution < -0.4 is 0 Å². The monoisotopic (exact) mass is 296 g/mol. The number of amides is 1.